The molecule has 58 valence electrons. The van der Waals surface area contributed by atoms with Crippen LogP contribution >= 0.6 is 0 Å². The third-order valence-corrected chi connectivity index (χ3v) is 1.30. The van der Waals surface area contributed by atoms with Gasteiger partial charge in [-0.2, -0.15) is 0 Å². The lowest BCUT2D eigenvalue weighted by atomic mass is 10.3. The standard InChI is InChI=1S/C8H15NO/c1-4-6-9(7-5-2)8(3)10/h3H,4-7H2,1-2H3. The summed E-state index contributed by atoms with van der Waals surface area (Å²) in [6.07, 6.45) is 1.95. The van der Waals surface area contributed by atoms with Crippen LogP contribution in [0.3, 0.4) is 0 Å². The van der Waals surface area contributed by atoms with Gasteiger partial charge in [-0.1, -0.05) is 13.8 Å². The lowest BCUT2D eigenvalue weighted by molar-refractivity contribution is -0.126. The molecule has 0 rings (SSSR count). The minimum atomic E-state index is -0.302. The smallest absolute Gasteiger partial charge is 0.227 e. The predicted molar refractivity (Wildman–Crippen MR) is 41.5 cm³/mol. The summed E-state index contributed by atoms with van der Waals surface area (Å²) in [5, 5.41) is 0. The highest BCUT2D eigenvalue weighted by atomic mass is 16.2. The second kappa shape index (κ2) is 5.27. The topological polar surface area (TPSA) is 20.3 Å². The fourth-order valence-electron chi connectivity index (χ4n) is 0.872. The Morgan fingerprint density at radius 3 is 1.90 bits per heavy atom. The molecule has 0 N–H and O–H groups in total. The largest absolute Gasteiger partial charge is 0.342 e. The first-order chi connectivity index (χ1) is 4.72. The van der Waals surface area contributed by atoms with Crippen LogP contribution in [0.5, 0.6) is 0 Å². The normalized spacial score (nSPS) is 9.50. The summed E-state index contributed by atoms with van der Waals surface area (Å²) in [6.45, 7) is 10.7. The van der Waals surface area contributed by atoms with E-state index in [1.54, 1.807) is 4.90 Å². The van der Waals surface area contributed by atoms with Gasteiger partial charge in [-0.3, -0.25) is 4.79 Å². The predicted octanol–water partition coefficient (Wildman–Crippen LogP) is 1.35. The van der Waals surface area contributed by atoms with Crippen LogP contribution in [0.25, 0.3) is 0 Å². The van der Waals surface area contributed by atoms with Gasteiger partial charge in [-0.05, 0) is 12.8 Å². The highest BCUT2D eigenvalue weighted by Crippen LogP contribution is 1.93. The zero-order valence-electron chi connectivity index (χ0n) is 6.76. The van der Waals surface area contributed by atoms with E-state index in [1.165, 1.54) is 0 Å². The van der Waals surface area contributed by atoms with Crippen LogP contribution < -0.4 is 0 Å². The molecule has 2 nitrogen and oxygen atoms in total. The van der Waals surface area contributed by atoms with E-state index in [4.69, 9.17) is 6.92 Å². The Balaban J connectivity index is 3.61. The number of nitrogens with zero attached hydrogens (tertiary/aromatic N) is 1. The van der Waals surface area contributed by atoms with Crippen molar-refractivity contribution in [3.8, 4) is 0 Å². The summed E-state index contributed by atoms with van der Waals surface area (Å²) in [7, 11) is 0. The van der Waals surface area contributed by atoms with Crippen molar-refractivity contribution in [3.63, 3.8) is 0 Å². The summed E-state index contributed by atoms with van der Waals surface area (Å²) in [5.74, 6) is -0.302. The maximum atomic E-state index is 10.6. The van der Waals surface area contributed by atoms with Crippen molar-refractivity contribution in [2.24, 2.45) is 0 Å². The molecule has 0 aliphatic rings. The first-order valence-electron chi connectivity index (χ1n) is 3.76. The average molecular weight is 141 g/mol. The fraction of sp³-hybridized carbons (Fsp3) is 0.750. The van der Waals surface area contributed by atoms with E-state index in [2.05, 4.69) is 0 Å². The molecule has 0 unspecified atom stereocenters. The van der Waals surface area contributed by atoms with Crippen LogP contribution in [0.1, 0.15) is 26.7 Å². The molecule has 0 bridgehead atoms. The molecule has 0 aromatic heterocycles. The van der Waals surface area contributed by atoms with Crippen LogP contribution in [0.4, 0.5) is 0 Å². The molecule has 2 heteroatoms. The van der Waals surface area contributed by atoms with Gasteiger partial charge in [-0.25, -0.2) is 0 Å². The summed E-state index contributed by atoms with van der Waals surface area (Å²) >= 11 is 0. The quantitative estimate of drug-likeness (QED) is 0.578. The molecular formula is C8H15NO. The number of hydrogen-bond donors (Lipinski definition) is 0. The minimum Gasteiger partial charge on any atom is -0.342 e. The molecule has 10 heavy (non-hydrogen) atoms. The summed E-state index contributed by atoms with van der Waals surface area (Å²) in [4.78, 5) is 12.3. The maximum absolute atomic E-state index is 10.6. The van der Waals surface area contributed by atoms with Gasteiger partial charge in [0, 0.05) is 13.1 Å². The SMILES string of the molecule is [CH]C(=O)N(CCC)CCC. The molecule has 0 aromatic carbocycles. The van der Waals surface area contributed by atoms with Gasteiger partial charge in [0.1, 0.15) is 0 Å². The van der Waals surface area contributed by atoms with Crippen LogP contribution in [0.2, 0.25) is 0 Å². The third kappa shape index (κ3) is 3.49. The molecule has 0 atom stereocenters. The number of rotatable bonds is 4. The highest BCUT2D eigenvalue weighted by Gasteiger charge is 2.04. The molecule has 0 aliphatic heterocycles. The van der Waals surface area contributed by atoms with Crippen molar-refractivity contribution in [2.45, 2.75) is 26.7 Å². The Morgan fingerprint density at radius 2 is 1.70 bits per heavy atom. The van der Waals surface area contributed by atoms with Gasteiger partial charge < -0.3 is 4.90 Å². The van der Waals surface area contributed by atoms with E-state index in [9.17, 15) is 4.79 Å². The molecule has 0 saturated heterocycles. The average Bonchev–Trinajstić information content (AvgIpc) is 1.87. The van der Waals surface area contributed by atoms with Crippen molar-refractivity contribution in [1.82, 2.24) is 4.90 Å². The van der Waals surface area contributed by atoms with Crippen LogP contribution in [-0.4, -0.2) is 23.9 Å². The number of carbonyl (C=O) groups excluding carboxylic acids is 1. The van der Waals surface area contributed by atoms with E-state index >= 15 is 0 Å². The van der Waals surface area contributed by atoms with Crippen molar-refractivity contribution < 1.29 is 4.79 Å². The van der Waals surface area contributed by atoms with Crippen molar-refractivity contribution in [1.29, 1.82) is 0 Å². The van der Waals surface area contributed by atoms with Crippen molar-refractivity contribution in [2.75, 3.05) is 13.1 Å². The minimum absolute atomic E-state index is 0.302. The summed E-state index contributed by atoms with van der Waals surface area (Å²) < 4.78 is 0. The Morgan fingerprint density at radius 1 is 1.30 bits per heavy atom. The fourth-order valence-corrected chi connectivity index (χ4v) is 0.872. The Hall–Kier alpha value is -0.530. The zero-order valence-corrected chi connectivity index (χ0v) is 6.76. The lowest BCUT2D eigenvalue weighted by Crippen LogP contribution is -2.30. The first kappa shape index (κ1) is 9.47. The molecule has 0 aliphatic carbocycles. The maximum Gasteiger partial charge on any atom is 0.227 e. The van der Waals surface area contributed by atoms with E-state index in [1.807, 2.05) is 13.8 Å². The van der Waals surface area contributed by atoms with E-state index in [-0.39, 0.29) is 5.91 Å². The molecule has 0 fully saturated rings. The molecule has 0 heterocycles. The Bertz CT molecular complexity index is 95.4. The Labute approximate surface area is 63.2 Å². The first-order valence-corrected chi connectivity index (χ1v) is 3.76. The van der Waals surface area contributed by atoms with Gasteiger partial charge in [0.15, 0.2) is 0 Å². The zero-order chi connectivity index (χ0) is 7.98. The molecule has 2 radical (unpaired) electrons. The third-order valence-electron chi connectivity index (χ3n) is 1.30. The van der Waals surface area contributed by atoms with Crippen molar-refractivity contribution >= 4 is 5.91 Å². The molecule has 1 amide bonds. The van der Waals surface area contributed by atoms with E-state index in [0.29, 0.717) is 0 Å². The van der Waals surface area contributed by atoms with Crippen LogP contribution in [0, 0.1) is 6.92 Å². The summed E-state index contributed by atoms with van der Waals surface area (Å²) in [5.41, 5.74) is 0. The van der Waals surface area contributed by atoms with Crippen molar-refractivity contribution in [3.05, 3.63) is 6.92 Å². The second-order valence-electron chi connectivity index (χ2n) is 2.33. The second-order valence-corrected chi connectivity index (χ2v) is 2.33. The summed E-state index contributed by atoms with van der Waals surface area (Å²) in [6, 6.07) is 0. The van der Waals surface area contributed by atoms with Gasteiger partial charge in [-0.15, -0.1) is 0 Å². The van der Waals surface area contributed by atoms with Gasteiger partial charge >= 0.3 is 0 Å². The van der Waals surface area contributed by atoms with Gasteiger partial charge in [0.2, 0.25) is 5.91 Å². The molecule has 0 saturated carbocycles. The Kier molecular flexibility index (Phi) is 4.99. The molecule has 0 spiro atoms. The van der Waals surface area contributed by atoms with E-state index < -0.39 is 0 Å². The van der Waals surface area contributed by atoms with E-state index in [0.717, 1.165) is 25.9 Å². The monoisotopic (exact) mass is 141 g/mol. The number of carbonyl (C=O) groups is 1. The van der Waals surface area contributed by atoms with Gasteiger partial charge in [0.25, 0.3) is 0 Å². The highest BCUT2D eigenvalue weighted by molar-refractivity contribution is 5.80. The molecule has 0 aromatic rings. The number of hydrogen-bond acceptors (Lipinski definition) is 1. The van der Waals surface area contributed by atoms with Gasteiger partial charge in [0.05, 0.1) is 6.92 Å². The van der Waals surface area contributed by atoms with Crippen LogP contribution in [0.15, 0.2) is 0 Å². The lowest BCUT2D eigenvalue weighted by Gasteiger charge is -2.18. The number of amides is 1. The van der Waals surface area contributed by atoms with Crippen LogP contribution in [-0.2, 0) is 4.79 Å². The molecular weight excluding hydrogens is 126 g/mol.